The second-order valence-electron chi connectivity index (χ2n) is 7.51. The Balaban J connectivity index is 1.42. The number of carbonyl (C=O) groups excluding carboxylic acids is 2. The molecular weight excluding hydrogens is 372 g/mol. The van der Waals surface area contributed by atoms with E-state index in [2.05, 4.69) is 5.10 Å². The number of likely N-dealkylation sites (tertiary alicyclic amines) is 1. The number of carbonyl (C=O) groups is 2. The van der Waals surface area contributed by atoms with Crippen molar-refractivity contribution in [3.63, 3.8) is 0 Å². The molecule has 1 aromatic carbocycles. The molecule has 29 heavy (non-hydrogen) atoms. The van der Waals surface area contributed by atoms with Gasteiger partial charge >= 0.3 is 0 Å². The topological polar surface area (TPSA) is 84.7 Å². The fourth-order valence-electron chi connectivity index (χ4n) is 3.95. The van der Waals surface area contributed by atoms with E-state index < -0.39 is 0 Å². The molecule has 2 aromatic rings. The number of benzene rings is 1. The molecule has 2 aliphatic rings. The molecule has 2 saturated heterocycles. The summed E-state index contributed by atoms with van der Waals surface area (Å²) in [5.41, 5.74) is 1.53. The molecule has 8 nitrogen and oxygen atoms in total. The molecule has 0 unspecified atom stereocenters. The monoisotopic (exact) mass is 396 g/mol. The molecule has 2 atom stereocenters. The van der Waals surface area contributed by atoms with Crippen molar-refractivity contribution < 1.29 is 14.3 Å². The Labute approximate surface area is 168 Å². The van der Waals surface area contributed by atoms with Crippen molar-refractivity contribution in [2.75, 3.05) is 26.2 Å². The van der Waals surface area contributed by atoms with E-state index >= 15 is 0 Å². The van der Waals surface area contributed by atoms with Gasteiger partial charge in [0.25, 0.3) is 5.56 Å². The maximum absolute atomic E-state index is 12.8. The lowest BCUT2D eigenvalue weighted by atomic mass is 10.1. The van der Waals surface area contributed by atoms with Crippen LogP contribution in [0.4, 0.5) is 0 Å². The summed E-state index contributed by atoms with van der Waals surface area (Å²) in [6.07, 6.45) is 0.557. The van der Waals surface area contributed by atoms with Gasteiger partial charge in [-0.2, -0.15) is 5.10 Å². The normalized spacial score (nSPS) is 21.3. The number of fused-ring (bicyclic) bond motifs is 1. The standard InChI is InChI=1S/C21H24N4O4/c1-15-7-8-19(26)25(22-15)13-20(27)23-11-17-18(12-23)29-14-21(28)24(17)10-9-16-5-3-2-4-6-16/h2-8,17-18H,9-14H2,1H3/t17-,18-/m0/s1. The minimum atomic E-state index is -0.309. The van der Waals surface area contributed by atoms with Crippen molar-refractivity contribution in [1.82, 2.24) is 19.6 Å². The molecule has 0 aliphatic carbocycles. The van der Waals surface area contributed by atoms with Gasteiger partial charge in [-0.15, -0.1) is 0 Å². The van der Waals surface area contributed by atoms with Gasteiger partial charge in [-0.25, -0.2) is 4.68 Å². The van der Waals surface area contributed by atoms with Crippen molar-refractivity contribution in [2.24, 2.45) is 0 Å². The van der Waals surface area contributed by atoms with E-state index in [4.69, 9.17) is 4.74 Å². The van der Waals surface area contributed by atoms with Gasteiger partial charge in [0, 0.05) is 25.7 Å². The minimum absolute atomic E-state index is 0.0386. The summed E-state index contributed by atoms with van der Waals surface area (Å²) >= 11 is 0. The second kappa shape index (κ2) is 8.16. The second-order valence-corrected chi connectivity index (χ2v) is 7.51. The number of nitrogens with zero attached hydrogens (tertiary/aromatic N) is 4. The van der Waals surface area contributed by atoms with Crippen molar-refractivity contribution >= 4 is 11.8 Å². The highest BCUT2D eigenvalue weighted by molar-refractivity contribution is 5.80. The maximum atomic E-state index is 12.8. The average Bonchev–Trinajstić information content (AvgIpc) is 3.15. The number of aromatic nitrogens is 2. The molecule has 2 fully saturated rings. The summed E-state index contributed by atoms with van der Waals surface area (Å²) in [6, 6.07) is 12.9. The summed E-state index contributed by atoms with van der Waals surface area (Å²) in [7, 11) is 0. The fraction of sp³-hybridized carbons (Fsp3) is 0.429. The Morgan fingerprint density at radius 2 is 1.93 bits per heavy atom. The largest absolute Gasteiger partial charge is 0.364 e. The molecule has 0 bridgehead atoms. The van der Waals surface area contributed by atoms with Crippen LogP contribution >= 0.6 is 0 Å². The Morgan fingerprint density at radius 1 is 1.14 bits per heavy atom. The Bertz CT molecular complexity index is 959. The van der Waals surface area contributed by atoms with Crippen molar-refractivity contribution in [3.8, 4) is 0 Å². The van der Waals surface area contributed by atoms with Crippen LogP contribution in [0, 0.1) is 6.92 Å². The minimum Gasteiger partial charge on any atom is -0.364 e. The van der Waals surface area contributed by atoms with Gasteiger partial charge in [0.05, 0.1) is 17.8 Å². The van der Waals surface area contributed by atoms with Gasteiger partial charge in [0.2, 0.25) is 11.8 Å². The van der Waals surface area contributed by atoms with Crippen LogP contribution in [0.2, 0.25) is 0 Å². The SMILES string of the molecule is Cc1ccc(=O)n(CC(=O)N2C[C@@H]3OCC(=O)N(CCc4ccccc4)[C@H]3C2)n1. The van der Waals surface area contributed by atoms with Crippen molar-refractivity contribution in [1.29, 1.82) is 0 Å². The lowest BCUT2D eigenvalue weighted by Gasteiger charge is -2.36. The molecule has 2 amide bonds. The Morgan fingerprint density at radius 3 is 2.72 bits per heavy atom. The Kier molecular flexibility index (Phi) is 5.44. The van der Waals surface area contributed by atoms with Gasteiger partial charge in [0.15, 0.2) is 0 Å². The Hall–Kier alpha value is -3.00. The zero-order valence-electron chi connectivity index (χ0n) is 16.4. The van der Waals surface area contributed by atoms with Gasteiger partial charge in [-0.05, 0) is 25.0 Å². The van der Waals surface area contributed by atoms with Crippen LogP contribution in [0.15, 0.2) is 47.3 Å². The number of morpholine rings is 1. The van der Waals surface area contributed by atoms with Crippen LogP contribution < -0.4 is 5.56 Å². The number of ether oxygens (including phenoxy) is 1. The van der Waals surface area contributed by atoms with Gasteiger partial charge < -0.3 is 14.5 Å². The molecule has 1 aromatic heterocycles. The van der Waals surface area contributed by atoms with E-state index in [1.54, 1.807) is 17.9 Å². The summed E-state index contributed by atoms with van der Waals surface area (Å²) in [5, 5.41) is 4.13. The third-order valence-corrected chi connectivity index (χ3v) is 5.50. The van der Waals surface area contributed by atoms with Gasteiger partial charge in [0.1, 0.15) is 13.2 Å². The first kappa shape index (κ1) is 19.3. The first-order valence-electron chi connectivity index (χ1n) is 9.79. The fourth-order valence-corrected chi connectivity index (χ4v) is 3.95. The average molecular weight is 396 g/mol. The molecular formula is C21H24N4O4. The molecule has 152 valence electrons. The lowest BCUT2D eigenvalue weighted by Crippen LogP contribution is -2.54. The first-order chi connectivity index (χ1) is 14.0. The van der Waals surface area contributed by atoms with Crippen molar-refractivity contribution in [2.45, 2.75) is 32.0 Å². The molecule has 0 spiro atoms. The maximum Gasteiger partial charge on any atom is 0.267 e. The van der Waals surface area contributed by atoms with Gasteiger partial charge in [-0.1, -0.05) is 30.3 Å². The van der Waals surface area contributed by atoms with Crippen LogP contribution in [0.25, 0.3) is 0 Å². The zero-order chi connectivity index (χ0) is 20.4. The molecule has 4 rings (SSSR count). The van der Waals surface area contributed by atoms with Gasteiger partial charge in [-0.3, -0.25) is 14.4 Å². The number of rotatable bonds is 5. The molecule has 2 aliphatic heterocycles. The lowest BCUT2D eigenvalue weighted by molar-refractivity contribution is -0.152. The predicted octanol–water partition coefficient (Wildman–Crippen LogP) is 0.233. The van der Waals surface area contributed by atoms with Crippen LogP contribution in [-0.4, -0.2) is 69.8 Å². The van der Waals surface area contributed by atoms with Crippen LogP contribution in [-0.2, 0) is 27.3 Å². The van der Waals surface area contributed by atoms with Crippen LogP contribution in [0.1, 0.15) is 11.3 Å². The molecule has 0 N–H and O–H groups in total. The number of hydrogen-bond acceptors (Lipinski definition) is 5. The molecule has 0 radical (unpaired) electrons. The molecule has 8 heteroatoms. The highest BCUT2D eigenvalue weighted by atomic mass is 16.5. The smallest absolute Gasteiger partial charge is 0.267 e. The quantitative estimate of drug-likeness (QED) is 0.723. The summed E-state index contributed by atoms with van der Waals surface area (Å²) in [4.78, 5) is 40.7. The summed E-state index contributed by atoms with van der Waals surface area (Å²) < 4.78 is 6.88. The highest BCUT2D eigenvalue weighted by Gasteiger charge is 2.44. The third-order valence-electron chi connectivity index (χ3n) is 5.50. The van der Waals surface area contributed by atoms with E-state index in [0.29, 0.717) is 25.3 Å². The molecule has 0 saturated carbocycles. The van der Waals surface area contributed by atoms with Crippen molar-refractivity contribution in [3.05, 3.63) is 64.1 Å². The zero-order valence-corrected chi connectivity index (χ0v) is 16.4. The first-order valence-corrected chi connectivity index (χ1v) is 9.79. The molecule has 3 heterocycles. The summed E-state index contributed by atoms with van der Waals surface area (Å²) in [6.45, 7) is 3.11. The van der Waals surface area contributed by atoms with E-state index in [-0.39, 0.29) is 42.7 Å². The number of hydrogen-bond donors (Lipinski definition) is 0. The van der Waals surface area contributed by atoms with E-state index in [9.17, 15) is 14.4 Å². The highest BCUT2D eigenvalue weighted by Crippen LogP contribution is 2.24. The summed E-state index contributed by atoms with van der Waals surface area (Å²) in [5.74, 6) is -0.244. The van der Waals surface area contributed by atoms with Crippen LogP contribution in [0.3, 0.4) is 0 Å². The van der Waals surface area contributed by atoms with E-state index in [1.165, 1.54) is 16.3 Å². The van der Waals surface area contributed by atoms with E-state index in [1.807, 2.05) is 35.2 Å². The third kappa shape index (κ3) is 4.22. The van der Waals surface area contributed by atoms with E-state index in [0.717, 1.165) is 6.42 Å². The van der Waals surface area contributed by atoms with Crippen LogP contribution in [0.5, 0.6) is 0 Å². The predicted molar refractivity (Wildman–Crippen MR) is 105 cm³/mol. The number of amides is 2. The number of aryl methyl sites for hydroxylation is 1.